The van der Waals surface area contributed by atoms with Gasteiger partial charge in [-0.25, -0.2) is 4.79 Å². The van der Waals surface area contributed by atoms with Crippen molar-refractivity contribution in [2.24, 2.45) is 0 Å². The second-order valence-electron chi connectivity index (χ2n) is 3.23. The molecule has 98 valence electrons. The quantitative estimate of drug-likeness (QED) is 0.862. The normalized spacial score (nSPS) is 11.8. The van der Waals surface area contributed by atoms with E-state index in [1.165, 1.54) is 18.2 Å². The van der Waals surface area contributed by atoms with Crippen molar-refractivity contribution in [3.8, 4) is 5.75 Å². The summed E-state index contributed by atoms with van der Waals surface area (Å²) in [5.74, 6) is -1.25. The number of rotatable bonds is 4. The third kappa shape index (κ3) is 4.79. The van der Waals surface area contributed by atoms with Crippen molar-refractivity contribution >= 4 is 28.0 Å². The molecule has 0 aliphatic carbocycles. The molecular formula is C11H8BrF3O3. The molecule has 0 bridgehead atoms. The number of hydrogen-bond donors (Lipinski definition) is 1. The second-order valence-corrected chi connectivity index (χ2v) is 4.09. The number of para-hydroxylation sites is 1. The number of carbonyl (C=O) groups is 1. The Morgan fingerprint density at radius 3 is 2.67 bits per heavy atom. The maximum Gasteiger partial charge on any atom is 0.422 e. The lowest BCUT2D eigenvalue weighted by Crippen LogP contribution is -2.19. The molecule has 0 aliphatic rings. The first-order valence-electron chi connectivity index (χ1n) is 4.68. The molecule has 0 spiro atoms. The number of carboxylic acid groups (broad SMARTS) is 1. The smallest absolute Gasteiger partial charge is 0.422 e. The maximum atomic E-state index is 12.1. The third-order valence-electron chi connectivity index (χ3n) is 1.78. The molecule has 1 rings (SSSR count). The van der Waals surface area contributed by atoms with E-state index in [1.54, 1.807) is 6.07 Å². The minimum atomic E-state index is -4.46. The van der Waals surface area contributed by atoms with Gasteiger partial charge in [0.2, 0.25) is 0 Å². The third-order valence-corrected chi connectivity index (χ3v) is 2.41. The molecule has 0 atom stereocenters. The Bertz CT molecular complexity index is 469. The van der Waals surface area contributed by atoms with Gasteiger partial charge < -0.3 is 9.84 Å². The molecule has 18 heavy (non-hydrogen) atoms. The summed E-state index contributed by atoms with van der Waals surface area (Å²) in [5.41, 5.74) is 0.246. The minimum Gasteiger partial charge on any atom is -0.482 e. The van der Waals surface area contributed by atoms with Crippen molar-refractivity contribution in [3.05, 3.63) is 34.3 Å². The molecule has 1 aromatic carbocycles. The van der Waals surface area contributed by atoms with Gasteiger partial charge in [-0.05, 0) is 28.1 Å². The predicted octanol–water partition coefficient (Wildman–Crippen LogP) is 3.49. The second kappa shape index (κ2) is 5.90. The molecule has 0 aromatic heterocycles. The summed E-state index contributed by atoms with van der Waals surface area (Å²) in [6.45, 7) is -1.44. The van der Waals surface area contributed by atoms with Crippen LogP contribution in [0.3, 0.4) is 0 Å². The Morgan fingerprint density at radius 2 is 2.11 bits per heavy atom. The largest absolute Gasteiger partial charge is 0.482 e. The minimum absolute atomic E-state index is 0.0488. The van der Waals surface area contributed by atoms with Crippen molar-refractivity contribution in [2.75, 3.05) is 6.61 Å². The van der Waals surface area contributed by atoms with Crippen LogP contribution in [0.4, 0.5) is 13.2 Å². The highest BCUT2D eigenvalue weighted by Crippen LogP contribution is 2.31. The van der Waals surface area contributed by atoms with Crippen molar-refractivity contribution < 1.29 is 27.8 Å². The van der Waals surface area contributed by atoms with Crippen molar-refractivity contribution in [2.45, 2.75) is 6.18 Å². The standard InChI is InChI=1S/C11H8BrF3O3/c12-8-3-1-2-7(4-5-9(16)17)10(8)18-6-11(13,14)15/h1-5H,6H2,(H,16,17)/b5-4+. The number of hydrogen-bond acceptors (Lipinski definition) is 2. The van der Waals surface area contributed by atoms with Crippen LogP contribution in [0.15, 0.2) is 28.7 Å². The fourth-order valence-corrected chi connectivity index (χ4v) is 1.62. The van der Waals surface area contributed by atoms with Crippen LogP contribution in [0.25, 0.3) is 6.08 Å². The van der Waals surface area contributed by atoms with Gasteiger partial charge in [0.05, 0.1) is 4.47 Å². The number of alkyl halides is 3. The summed E-state index contributed by atoms with van der Waals surface area (Å²) in [6, 6.07) is 4.52. The van der Waals surface area contributed by atoms with Crippen LogP contribution < -0.4 is 4.74 Å². The highest BCUT2D eigenvalue weighted by molar-refractivity contribution is 9.10. The number of aliphatic carboxylic acids is 1. The fourth-order valence-electron chi connectivity index (χ4n) is 1.12. The lowest BCUT2D eigenvalue weighted by Gasteiger charge is -2.12. The fraction of sp³-hybridized carbons (Fsp3) is 0.182. The van der Waals surface area contributed by atoms with E-state index in [1.807, 2.05) is 0 Å². The molecule has 0 amide bonds. The van der Waals surface area contributed by atoms with E-state index in [2.05, 4.69) is 20.7 Å². The topological polar surface area (TPSA) is 46.5 Å². The van der Waals surface area contributed by atoms with Gasteiger partial charge in [-0.2, -0.15) is 13.2 Å². The van der Waals surface area contributed by atoms with Gasteiger partial charge in [0.1, 0.15) is 5.75 Å². The molecule has 0 heterocycles. The van der Waals surface area contributed by atoms with Gasteiger partial charge in [-0.3, -0.25) is 0 Å². The van der Waals surface area contributed by atoms with Crippen LogP contribution in [0, 0.1) is 0 Å². The summed E-state index contributed by atoms with van der Waals surface area (Å²) >= 11 is 3.05. The van der Waals surface area contributed by atoms with Crippen LogP contribution in [0.2, 0.25) is 0 Å². The molecule has 7 heteroatoms. The molecule has 1 aromatic rings. The van der Waals surface area contributed by atoms with Gasteiger partial charge in [0, 0.05) is 11.6 Å². The van der Waals surface area contributed by atoms with E-state index in [-0.39, 0.29) is 11.3 Å². The van der Waals surface area contributed by atoms with Crippen molar-refractivity contribution in [1.82, 2.24) is 0 Å². The first kappa shape index (κ1) is 14.6. The maximum absolute atomic E-state index is 12.1. The van der Waals surface area contributed by atoms with Crippen LogP contribution in [-0.4, -0.2) is 23.9 Å². The first-order chi connectivity index (χ1) is 8.29. The number of ether oxygens (including phenoxy) is 1. The Kier molecular flexibility index (Phi) is 4.77. The molecule has 0 aliphatic heterocycles. The summed E-state index contributed by atoms with van der Waals surface area (Å²) < 4.78 is 41.2. The average Bonchev–Trinajstić information content (AvgIpc) is 2.23. The molecule has 0 unspecified atom stereocenters. The summed E-state index contributed by atoms with van der Waals surface area (Å²) in [4.78, 5) is 10.4. The zero-order chi connectivity index (χ0) is 13.8. The molecule has 1 N–H and O–H groups in total. The monoisotopic (exact) mass is 324 g/mol. The lowest BCUT2D eigenvalue weighted by atomic mass is 10.2. The Balaban J connectivity index is 2.97. The van der Waals surface area contributed by atoms with Gasteiger partial charge in [-0.15, -0.1) is 0 Å². The summed E-state index contributed by atoms with van der Waals surface area (Å²) in [7, 11) is 0. The number of benzene rings is 1. The van der Waals surface area contributed by atoms with Crippen LogP contribution in [0.5, 0.6) is 5.75 Å². The first-order valence-corrected chi connectivity index (χ1v) is 5.48. The van der Waals surface area contributed by atoms with E-state index in [4.69, 9.17) is 5.11 Å². The predicted molar refractivity (Wildman–Crippen MR) is 62.4 cm³/mol. The van der Waals surface area contributed by atoms with E-state index in [9.17, 15) is 18.0 Å². The van der Waals surface area contributed by atoms with Gasteiger partial charge in [-0.1, -0.05) is 12.1 Å². The molecule has 3 nitrogen and oxygen atoms in total. The Labute approximate surface area is 109 Å². The Hall–Kier alpha value is -1.50. The Morgan fingerprint density at radius 1 is 1.44 bits per heavy atom. The van der Waals surface area contributed by atoms with Gasteiger partial charge in [0.15, 0.2) is 6.61 Å². The van der Waals surface area contributed by atoms with Gasteiger partial charge in [0.25, 0.3) is 0 Å². The number of carboxylic acids is 1. The molecule has 0 saturated heterocycles. The summed E-state index contributed by atoms with van der Waals surface area (Å²) in [6.07, 6.45) is -2.47. The molecular weight excluding hydrogens is 317 g/mol. The zero-order valence-corrected chi connectivity index (χ0v) is 10.5. The van der Waals surface area contributed by atoms with Crippen LogP contribution >= 0.6 is 15.9 Å². The molecule has 0 radical (unpaired) electrons. The molecule has 0 fully saturated rings. The van der Waals surface area contributed by atoms with Crippen molar-refractivity contribution in [3.63, 3.8) is 0 Å². The molecule has 0 saturated carbocycles. The lowest BCUT2D eigenvalue weighted by molar-refractivity contribution is -0.153. The summed E-state index contributed by atoms with van der Waals surface area (Å²) in [5, 5.41) is 8.47. The van der Waals surface area contributed by atoms with Crippen molar-refractivity contribution in [1.29, 1.82) is 0 Å². The average molecular weight is 325 g/mol. The highest BCUT2D eigenvalue weighted by Gasteiger charge is 2.29. The van der Waals surface area contributed by atoms with Crippen LogP contribution in [-0.2, 0) is 4.79 Å². The van der Waals surface area contributed by atoms with E-state index >= 15 is 0 Å². The highest BCUT2D eigenvalue weighted by atomic mass is 79.9. The van der Waals surface area contributed by atoms with Gasteiger partial charge >= 0.3 is 12.1 Å². The van der Waals surface area contributed by atoms with E-state index in [0.29, 0.717) is 4.47 Å². The van der Waals surface area contributed by atoms with E-state index < -0.39 is 18.8 Å². The van der Waals surface area contributed by atoms with Crippen LogP contribution in [0.1, 0.15) is 5.56 Å². The number of halogens is 4. The SMILES string of the molecule is O=C(O)/C=C/c1cccc(Br)c1OCC(F)(F)F. The van der Waals surface area contributed by atoms with E-state index in [0.717, 1.165) is 6.08 Å². The zero-order valence-electron chi connectivity index (χ0n) is 8.87.